The Morgan fingerprint density at radius 2 is 2.07 bits per heavy atom. The number of rotatable bonds is 3. The first-order chi connectivity index (χ1) is 7.19. The van der Waals surface area contributed by atoms with E-state index in [0.29, 0.717) is 13.0 Å². The Hall–Kier alpha value is -1.42. The third kappa shape index (κ3) is 3.02. The van der Waals surface area contributed by atoms with Crippen LogP contribution in [0.25, 0.3) is 20.9 Å². The van der Waals surface area contributed by atoms with Crippen molar-refractivity contribution in [1.82, 2.24) is 0 Å². The van der Waals surface area contributed by atoms with Gasteiger partial charge in [0.15, 0.2) is 0 Å². The molecule has 0 bridgehead atoms. The molecule has 0 spiro atoms. The van der Waals surface area contributed by atoms with E-state index in [1.165, 1.54) is 0 Å². The predicted molar refractivity (Wildman–Crippen MR) is 54.8 cm³/mol. The summed E-state index contributed by atoms with van der Waals surface area (Å²) < 4.78 is 0. The summed E-state index contributed by atoms with van der Waals surface area (Å²) in [4.78, 5) is 5.44. The Morgan fingerprint density at radius 1 is 1.33 bits per heavy atom. The highest BCUT2D eigenvalue weighted by Crippen LogP contribution is 2.31. The first-order valence-corrected chi connectivity index (χ1v) is 4.92. The minimum absolute atomic E-state index is 0.0129. The molecule has 15 heavy (non-hydrogen) atoms. The van der Waals surface area contributed by atoms with Crippen LogP contribution in [0.4, 0.5) is 0 Å². The Kier molecular flexibility index (Phi) is 4.24. The molecule has 0 aromatic carbocycles. The first kappa shape index (κ1) is 11.7. The quantitative estimate of drug-likeness (QED) is 0.429. The zero-order chi connectivity index (χ0) is 11.3. The van der Waals surface area contributed by atoms with E-state index < -0.39 is 6.10 Å². The number of nitrogens with zero attached hydrogens (tertiary/aromatic N) is 6. The lowest BCUT2D eigenvalue weighted by molar-refractivity contribution is 0.0455. The van der Waals surface area contributed by atoms with Crippen LogP contribution in [0.1, 0.15) is 19.8 Å². The van der Waals surface area contributed by atoms with Crippen LogP contribution in [0.2, 0.25) is 0 Å². The summed E-state index contributed by atoms with van der Waals surface area (Å²) in [5.41, 5.74) is 16.5. The van der Waals surface area contributed by atoms with E-state index in [4.69, 9.17) is 11.1 Å². The summed E-state index contributed by atoms with van der Waals surface area (Å²) in [6.45, 7) is 2.29. The maximum absolute atomic E-state index is 9.74. The van der Waals surface area contributed by atoms with Gasteiger partial charge in [0.2, 0.25) is 0 Å². The second-order valence-corrected chi connectivity index (χ2v) is 3.96. The molecule has 1 N–H and O–H groups in total. The molecule has 1 rings (SSSR count). The van der Waals surface area contributed by atoms with Gasteiger partial charge in [-0.1, -0.05) is 17.2 Å². The number of aliphatic hydroxyl groups is 1. The first-order valence-electron chi connectivity index (χ1n) is 4.92. The summed E-state index contributed by atoms with van der Waals surface area (Å²) >= 11 is 0. The molecule has 7 nitrogen and oxygen atoms in total. The van der Waals surface area contributed by atoms with E-state index in [-0.39, 0.29) is 17.9 Å². The van der Waals surface area contributed by atoms with Crippen molar-refractivity contribution in [3.05, 3.63) is 20.9 Å². The molecule has 0 heterocycles. The highest BCUT2D eigenvalue weighted by molar-refractivity contribution is 4.88. The molecule has 7 heteroatoms. The molecule has 1 aliphatic rings. The Morgan fingerprint density at radius 3 is 2.67 bits per heavy atom. The lowest BCUT2D eigenvalue weighted by Gasteiger charge is -2.34. The van der Waals surface area contributed by atoms with Gasteiger partial charge in [-0.2, -0.15) is 0 Å². The molecular weight excluding hydrogens is 196 g/mol. The van der Waals surface area contributed by atoms with Crippen LogP contribution in [-0.4, -0.2) is 23.8 Å². The summed E-state index contributed by atoms with van der Waals surface area (Å²) in [6.07, 6.45) is 0.642. The van der Waals surface area contributed by atoms with E-state index in [9.17, 15) is 5.11 Å². The van der Waals surface area contributed by atoms with Gasteiger partial charge in [-0.3, -0.25) is 0 Å². The number of hydrogen-bond acceptors (Lipinski definition) is 3. The molecule has 0 unspecified atom stereocenters. The van der Waals surface area contributed by atoms with Gasteiger partial charge in [0, 0.05) is 22.4 Å². The fraction of sp³-hybridized carbons (Fsp3) is 1.00. The van der Waals surface area contributed by atoms with E-state index in [1.807, 2.05) is 6.92 Å². The van der Waals surface area contributed by atoms with Crippen LogP contribution in [0.5, 0.6) is 0 Å². The number of azide groups is 2. The van der Waals surface area contributed by atoms with Crippen LogP contribution in [0.15, 0.2) is 10.2 Å². The van der Waals surface area contributed by atoms with Gasteiger partial charge < -0.3 is 5.11 Å². The zero-order valence-corrected chi connectivity index (χ0v) is 8.56. The van der Waals surface area contributed by atoms with E-state index >= 15 is 0 Å². The maximum atomic E-state index is 9.74. The fourth-order valence-electron chi connectivity index (χ4n) is 2.03. The predicted octanol–water partition coefficient (Wildman–Crippen LogP) is 2.38. The van der Waals surface area contributed by atoms with Crippen molar-refractivity contribution in [2.75, 3.05) is 6.54 Å². The molecule has 0 aromatic rings. The second kappa shape index (κ2) is 5.46. The highest BCUT2D eigenvalue weighted by Gasteiger charge is 2.32. The summed E-state index contributed by atoms with van der Waals surface area (Å²) in [5.74, 6) is 0.212. The Labute approximate surface area is 87.3 Å². The molecule has 4 atom stereocenters. The third-order valence-electron chi connectivity index (χ3n) is 2.94. The second-order valence-electron chi connectivity index (χ2n) is 3.96. The van der Waals surface area contributed by atoms with Gasteiger partial charge in [-0.05, 0) is 35.7 Å². The molecule has 1 saturated carbocycles. The van der Waals surface area contributed by atoms with Crippen molar-refractivity contribution < 1.29 is 5.11 Å². The smallest absolute Gasteiger partial charge is 0.0573 e. The summed E-state index contributed by atoms with van der Waals surface area (Å²) in [6, 6.07) is -0.146. The molecule has 82 valence electrons. The fourth-order valence-corrected chi connectivity index (χ4v) is 2.03. The van der Waals surface area contributed by atoms with Gasteiger partial charge in [-0.25, -0.2) is 0 Å². The molecule has 0 aromatic heterocycles. The van der Waals surface area contributed by atoms with Gasteiger partial charge in [-0.15, -0.1) is 0 Å². The van der Waals surface area contributed by atoms with Crippen molar-refractivity contribution >= 4 is 0 Å². The minimum atomic E-state index is -0.540. The largest absolute Gasteiger partial charge is 0.393 e. The monoisotopic (exact) mass is 210 g/mol. The lowest BCUT2D eigenvalue weighted by Crippen LogP contribution is -2.37. The molecule has 0 saturated heterocycles. The normalized spacial score (nSPS) is 35.1. The molecule has 1 aliphatic carbocycles. The Bertz CT molecular complexity index is 306. The zero-order valence-electron chi connectivity index (χ0n) is 8.56. The van der Waals surface area contributed by atoms with Gasteiger partial charge in [0.25, 0.3) is 0 Å². The maximum Gasteiger partial charge on any atom is 0.0573 e. The van der Waals surface area contributed by atoms with Crippen molar-refractivity contribution in [3.8, 4) is 0 Å². The van der Waals surface area contributed by atoms with Gasteiger partial charge >= 0.3 is 0 Å². The Balaban J connectivity index is 2.61. The van der Waals surface area contributed by atoms with E-state index in [2.05, 4.69) is 20.1 Å². The molecule has 0 amide bonds. The van der Waals surface area contributed by atoms with Gasteiger partial charge in [0.1, 0.15) is 0 Å². The van der Waals surface area contributed by atoms with Crippen molar-refractivity contribution in [2.24, 2.45) is 22.1 Å². The van der Waals surface area contributed by atoms with Crippen molar-refractivity contribution in [2.45, 2.75) is 31.9 Å². The van der Waals surface area contributed by atoms with Gasteiger partial charge in [0.05, 0.1) is 6.10 Å². The molecule has 0 aliphatic heterocycles. The lowest BCUT2D eigenvalue weighted by atomic mass is 9.77. The minimum Gasteiger partial charge on any atom is -0.393 e. The topological polar surface area (TPSA) is 118 Å². The standard InChI is InChI=1S/C8H14N6O/c1-5-2-6(4-11-13-9)8(15)3-7(5)12-14-10/h5-8,15H,2-4H2,1H3/t5-,6-,7-,8+/m1/s1. The molecular formula is C8H14N6O. The number of aliphatic hydroxyl groups excluding tert-OH is 1. The van der Waals surface area contributed by atoms with Crippen LogP contribution < -0.4 is 0 Å². The van der Waals surface area contributed by atoms with Crippen LogP contribution >= 0.6 is 0 Å². The van der Waals surface area contributed by atoms with Crippen LogP contribution in [0, 0.1) is 11.8 Å². The SMILES string of the molecule is C[C@@H]1C[C@H](CN=[N+]=[N-])[C@@H](O)C[C@H]1N=[N+]=[N-]. The average Bonchev–Trinajstić information content (AvgIpc) is 2.21. The van der Waals surface area contributed by atoms with E-state index in [1.54, 1.807) is 0 Å². The summed E-state index contributed by atoms with van der Waals surface area (Å²) in [5, 5.41) is 16.9. The molecule has 1 fully saturated rings. The van der Waals surface area contributed by atoms with E-state index in [0.717, 1.165) is 6.42 Å². The molecule has 0 radical (unpaired) electrons. The number of hydrogen-bond donors (Lipinski definition) is 1. The summed E-state index contributed by atoms with van der Waals surface area (Å²) in [7, 11) is 0. The highest BCUT2D eigenvalue weighted by atomic mass is 16.3. The third-order valence-corrected chi connectivity index (χ3v) is 2.94. The van der Waals surface area contributed by atoms with Crippen LogP contribution in [0.3, 0.4) is 0 Å². The van der Waals surface area contributed by atoms with Crippen LogP contribution in [-0.2, 0) is 0 Å². The average molecular weight is 210 g/mol. The van der Waals surface area contributed by atoms with Crippen molar-refractivity contribution in [1.29, 1.82) is 0 Å². The van der Waals surface area contributed by atoms with Crippen molar-refractivity contribution in [3.63, 3.8) is 0 Å².